The second kappa shape index (κ2) is 17.9. The monoisotopic (exact) mass is 625 g/mol. The molecule has 3 aromatic rings. The molecule has 2 saturated heterocycles. The van der Waals surface area contributed by atoms with Crippen LogP contribution in [0.1, 0.15) is 52.2 Å². The summed E-state index contributed by atoms with van der Waals surface area (Å²) in [6.45, 7) is 14.6. The second-order valence-electron chi connectivity index (χ2n) is 10.4. The molecule has 0 bridgehead atoms. The van der Waals surface area contributed by atoms with E-state index >= 15 is 4.39 Å². The van der Waals surface area contributed by atoms with Crippen molar-refractivity contribution in [2.75, 3.05) is 70.8 Å². The first kappa shape index (κ1) is 37.0. The predicted octanol–water partition coefficient (Wildman–Crippen LogP) is 4.56. The van der Waals surface area contributed by atoms with Gasteiger partial charge in [0.1, 0.15) is 11.3 Å². The van der Waals surface area contributed by atoms with Gasteiger partial charge in [0, 0.05) is 49.9 Å². The maximum Gasteiger partial charge on any atom is 0.228 e. The van der Waals surface area contributed by atoms with Crippen molar-refractivity contribution < 1.29 is 23.4 Å². The number of carbonyl (C=O) groups excluding carboxylic acids is 1. The lowest BCUT2D eigenvalue weighted by Gasteiger charge is -2.36. The van der Waals surface area contributed by atoms with Crippen molar-refractivity contribution in [3.63, 3.8) is 0 Å². The molecule has 1 aromatic heterocycles. The maximum atomic E-state index is 15.0. The minimum Gasteiger partial charge on any atom is -0.493 e. The number of hydrogen-bond acceptors (Lipinski definition) is 10. The molecule has 0 saturated carbocycles. The molecule has 2 aromatic carbocycles. The van der Waals surface area contributed by atoms with Crippen molar-refractivity contribution >= 4 is 28.6 Å². The van der Waals surface area contributed by atoms with Gasteiger partial charge in [-0.3, -0.25) is 4.79 Å². The summed E-state index contributed by atoms with van der Waals surface area (Å²) in [5.74, 6) is 0.0108. The number of anilines is 2. The normalized spacial score (nSPS) is 14.7. The molecule has 0 atom stereocenters. The molecule has 246 valence electrons. The summed E-state index contributed by atoms with van der Waals surface area (Å²) < 4.78 is 30.3. The maximum absolute atomic E-state index is 15.0. The minimum atomic E-state index is -0.663. The van der Waals surface area contributed by atoms with E-state index < -0.39 is 5.82 Å². The number of methoxy groups -OCH3 is 2. The van der Waals surface area contributed by atoms with E-state index in [0.29, 0.717) is 61.3 Å². The van der Waals surface area contributed by atoms with Crippen molar-refractivity contribution in [3.05, 3.63) is 47.3 Å². The molecule has 5 rings (SSSR count). The lowest BCUT2D eigenvalue weighted by atomic mass is 9.89. The van der Waals surface area contributed by atoms with E-state index in [9.17, 15) is 4.79 Å². The summed E-state index contributed by atoms with van der Waals surface area (Å²) in [5.41, 5.74) is 13.5. The van der Waals surface area contributed by atoms with Gasteiger partial charge in [-0.15, -0.1) is 0 Å². The molecule has 45 heavy (non-hydrogen) atoms. The number of rotatable bonds is 7. The fraction of sp³-hybridized carbons (Fsp3) is 0.515. The number of benzene rings is 2. The number of nitriles is 1. The molecule has 4 N–H and O–H groups in total. The Bertz CT molecular complexity index is 1410. The number of aromatic nitrogens is 2. The van der Waals surface area contributed by atoms with Crippen LogP contribution >= 0.6 is 0 Å². The van der Waals surface area contributed by atoms with Crippen molar-refractivity contribution in [1.29, 1.82) is 5.26 Å². The summed E-state index contributed by atoms with van der Waals surface area (Å²) >= 11 is 0. The topological polar surface area (TPSA) is 153 Å². The van der Waals surface area contributed by atoms with E-state index in [1.807, 2.05) is 44.7 Å². The zero-order chi connectivity index (χ0) is 33.6. The Hall–Kier alpha value is -4.21. The molecule has 1 amide bonds. The molecule has 11 nitrogen and oxygen atoms in total. The van der Waals surface area contributed by atoms with Crippen LogP contribution in [0.5, 0.6) is 11.5 Å². The quantitative estimate of drug-likeness (QED) is 0.382. The van der Waals surface area contributed by atoms with E-state index in [1.54, 1.807) is 23.1 Å². The Labute approximate surface area is 266 Å². The molecular formula is C33H48FN7O4. The molecule has 0 aliphatic carbocycles. The van der Waals surface area contributed by atoms with Crippen LogP contribution in [0.4, 0.5) is 16.2 Å². The number of piperazine rings is 1. The first-order valence-corrected chi connectivity index (χ1v) is 15.4. The fourth-order valence-corrected chi connectivity index (χ4v) is 4.56. The molecule has 0 spiro atoms. The first-order valence-electron chi connectivity index (χ1n) is 15.4. The standard InChI is InChI=1S/C24H25FN6O3.C5H11NO.2C2H6/c1-33-18-13-17-21(20(25)22(18)34-2)28-24(29-23(17)27)31-11-9-30(10-12-31)19(32)8-7-15-3-5-16(14-26)6-4-15;1-5(2-6)3-7-4-5;2*1-2/h3-6,13H,7-12H2,1-2H3,(H2,27,28,29);2-4,6H2,1H3;2*1-2H3. The van der Waals surface area contributed by atoms with Crippen LogP contribution in [-0.2, 0) is 16.0 Å². The van der Waals surface area contributed by atoms with Crippen LogP contribution in [0, 0.1) is 22.6 Å². The average molecular weight is 626 g/mol. The Kier molecular flexibility index (Phi) is 14.7. The number of fused-ring (bicyclic) bond motifs is 1. The number of hydrogen-bond donors (Lipinski definition) is 2. The van der Waals surface area contributed by atoms with E-state index in [1.165, 1.54) is 14.2 Å². The van der Waals surface area contributed by atoms with Gasteiger partial charge in [0.15, 0.2) is 17.3 Å². The third kappa shape index (κ3) is 9.39. The Morgan fingerprint density at radius 3 is 2.16 bits per heavy atom. The first-order chi connectivity index (χ1) is 21.7. The molecule has 0 unspecified atom stereocenters. The number of amides is 1. The highest BCUT2D eigenvalue weighted by Gasteiger charge is 2.31. The molecule has 2 aliphatic heterocycles. The van der Waals surface area contributed by atoms with Crippen LogP contribution in [-0.4, -0.2) is 80.9 Å². The zero-order valence-electron chi connectivity index (χ0n) is 27.7. The molecule has 2 aliphatic rings. The van der Waals surface area contributed by atoms with Crippen LogP contribution in [0.2, 0.25) is 0 Å². The van der Waals surface area contributed by atoms with Gasteiger partial charge in [-0.25, -0.2) is 9.37 Å². The third-order valence-electron chi connectivity index (χ3n) is 7.31. The van der Waals surface area contributed by atoms with Gasteiger partial charge >= 0.3 is 0 Å². The smallest absolute Gasteiger partial charge is 0.228 e. The van der Waals surface area contributed by atoms with Gasteiger partial charge in [-0.05, 0) is 30.2 Å². The predicted molar refractivity (Wildman–Crippen MR) is 176 cm³/mol. The van der Waals surface area contributed by atoms with Gasteiger partial charge in [-0.1, -0.05) is 46.8 Å². The molecule has 2 fully saturated rings. The largest absolute Gasteiger partial charge is 0.493 e. The summed E-state index contributed by atoms with van der Waals surface area (Å²) in [7, 11) is 2.77. The summed E-state index contributed by atoms with van der Waals surface area (Å²) in [4.78, 5) is 25.1. The number of nitrogens with two attached hydrogens (primary N) is 2. The van der Waals surface area contributed by atoms with Gasteiger partial charge < -0.3 is 35.5 Å². The van der Waals surface area contributed by atoms with Crippen LogP contribution < -0.4 is 25.8 Å². The summed E-state index contributed by atoms with van der Waals surface area (Å²) in [6, 6.07) is 10.9. The van der Waals surface area contributed by atoms with Crippen molar-refractivity contribution in [3.8, 4) is 17.6 Å². The molecule has 3 heterocycles. The fourth-order valence-electron chi connectivity index (χ4n) is 4.56. The number of carbonyl (C=O) groups is 1. The highest BCUT2D eigenvalue weighted by atomic mass is 19.1. The minimum absolute atomic E-state index is 0.0447. The summed E-state index contributed by atoms with van der Waals surface area (Å²) in [6.07, 6.45) is 0.998. The number of aryl methyl sites for hydroxylation is 1. The van der Waals surface area contributed by atoms with Gasteiger partial charge in [0.25, 0.3) is 0 Å². The second-order valence-corrected chi connectivity index (χ2v) is 10.4. The van der Waals surface area contributed by atoms with Crippen molar-refractivity contribution in [1.82, 2.24) is 14.9 Å². The van der Waals surface area contributed by atoms with Gasteiger partial charge in [-0.2, -0.15) is 10.2 Å². The van der Waals surface area contributed by atoms with E-state index in [0.717, 1.165) is 25.3 Å². The third-order valence-corrected chi connectivity index (χ3v) is 7.31. The highest BCUT2D eigenvalue weighted by Crippen LogP contribution is 2.37. The Balaban J connectivity index is 0.000000551. The SMILES string of the molecule is CC.CC.CC1(CN)COC1.COc1cc2c(N)nc(N3CCN(C(=O)CCc4ccc(C#N)cc4)CC3)nc2c(F)c1OC. The Morgan fingerprint density at radius 2 is 1.69 bits per heavy atom. The van der Waals surface area contributed by atoms with E-state index in [4.69, 9.17) is 30.9 Å². The highest BCUT2D eigenvalue weighted by molar-refractivity contribution is 5.92. The van der Waals surface area contributed by atoms with Crippen LogP contribution in [0.3, 0.4) is 0 Å². The zero-order valence-corrected chi connectivity index (χ0v) is 27.7. The van der Waals surface area contributed by atoms with Crippen molar-refractivity contribution in [2.24, 2.45) is 11.1 Å². The summed E-state index contributed by atoms with van der Waals surface area (Å²) in [5, 5.41) is 9.23. The van der Waals surface area contributed by atoms with E-state index in [-0.39, 0.29) is 28.7 Å². The van der Waals surface area contributed by atoms with Crippen molar-refractivity contribution in [2.45, 2.75) is 47.5 Å². The van der Waals surface area contributed by atoms with E-state index in [2.05, 4.69) is 23.0 Å². The van der Waals surface area contributed by atoms with Crippen LogP contribution in [0.25, 0.3) is 10.9 Å². The molecular weight excluding hydrogens is 577 g/mol. The lowest BCUT2D eigenvalue weighted by molar-refractivity contribution is -0.131. The number of ether oxygens (including phenoxy) is 3. The number of halogens is 1. The van der Waals surface area contributed by atoms with Gasteiger partial charge in [0.05, 0.1) is 39.1 Å². The van der Waals surface area contributed by atoms with Crippen LogP contribution in [0.15, 0.2) is 30.3 Å². The lowest BCUT2D eigenvalue weighted by Crippen LogP contribution is -2.49. The average Bonchev–Trinajstić information content (AvgIpc) is 3.08. The number of nitrogens with zero attached hydrogens (tertiary/aromatic N) is 5. The Morgan fingerprint density at radius 1 is 1.07 bits per heavy atom. The molecule has 12 heteroatoms. The molecule has 0 radical (unpaired) electrons. The number of nitrogen functional groups attached to an aromatic ring is 1. The van der Waals surface area contributed by atoms with Gasteiger partial charge in [0.2, 0.25) is 11.9 Å².